The fraction of sp³-hybridized carbons (Fsp3) is 0.769. The molecule has 2 nitrogen and oxygen atoms in total. The minimum Gasteiger partial charge on any atom is -0.391 e. The second-order valence-corrected chi connectivity index (χ2v) is 5.10. The molecule has 16 heavy (non-hydrogen) atoms. The number of nitrogens with zero attached hydrogens (tertiary/aromatic N) is 1. The van der Waals surface area contributed by atoms with E-state index in [1.807, 2.05) is 20.8 Å². The number of halogens is 1. The molecule has 1 saturated carbocycles. The molecule has 1 N–H and O–H groups in total. The molecule has 90 valence electrons. The fourth-order valence-corrected chi connectivity index (χ4v) is 2.81. The van der Waals surface area contributed by atoms with E-state index in [4.69, 9.17) is 0 Å². The van der Waals surface area contributed by atoms with Crippen molar-refractivity contribution >= 4 is 0 Å². The van der Waals surface area contributed by atoms with Crippen LogP contribution in [0.3, 0.4) is 0 Å². The lowest BCUT2D eigenvalue weighted by Crippen LogP contribution is -2.31. The molecule has 0 heterocycles. The van der Waals surface area contributed by atoms with E-state index in [2.05, 4.69) is 6.07 Å². The van der Waals surface area contributed by atoms with E-state index in [0.29, 0.717) is 24.7 Å². The molecular formula is C13H20FNO. The third-order valence-corrected chi connectivity index (χ3v) is 3.57. The highest BCUT2D eigenvalue weighted by molar-refractivity contribution is 5.32. The van der Waals surface area contributed by atoms with Crippen molar-refractivity contribution in [3.05, 3.63) is 11.9 Å². The summed E-state index contributed by atoms with van der Waals surface area (Å²) in [5.41, 5.74) is -0.498. The first-order valence-electron chi connectivity index (χ1n) is 5.91. The Balaban J connectivity index is 3.12. The minimum atomic E-state index is -0.996. The van der Waals surface area contributed by atoms with Crippen LogP contribution in [0, 0.1) is 28.6 Å². The van der Waals surface area contributed by atoms with Gasteiger partial charge in [-0.05, 0) is 36.7 Å². The summed E-state index contributed by atoms with van der Waals surface area (Å²) in [5.74, 6) is 0.276. The molecular weight excluding hydrogens is 205 g/mol. The molecule has 0 aromatic heterocycles. The zero-order chi connectivity index (χ0) is 12.3. The molecule has 0 aromatic rings. The maximum atomic E-state index is 13.0. The Morgan fingerprint density at radius 3 is 2.69 bits per heavy atom. The molecule has 3 unspecified atom stereocenters. The molecule has 0 spiro atoms. The van der Waals surface area contributed by atoms with Gasteiger partial charge in [0.15, 0.2) is 0 Å². The maximum absolute atomic E-state index is 13.0. The number of aliphatic hydroxyl groups is 1. The van der Waals surface area contributed by atoms with E-state index in [1.54, 1.807) is 0 Å². The average Bonchev–Trinajstić information content (AvgIpc) is 2.51. The second-order valence-electron chi connectivity index (χ2n) is 5.10. The highest BCUT2D eigenvalue weighted by atomic mass is 19.1. The second kappa shape index (κ2) is 4.97. The van der Waals surface area contributed by atoms with Crippen LogP contribution in [0.15, 0.2) is 11.9 Å². The lowest BCUT2D eigenvalue weighted by molar-refractivity contribution is 0.0901. The zero-order valence-corrected chi connectivity index (χ0v) is 10.2. The molecule has 0 aromatic carbocycles. The van der Waals surface area contributed by atoms with E-state index < -0.39 is 11.5 Å². The van der Waals surface area contributed by atoms with Crippen LogP contribution in [0.4, 0.5) is 4.39 Å². The Bertz CT molecular complexity index is 318. The van der Waals surface area contributed by atoms with E-state index in [-0.39, 0.29) is 11.8 Å². The van der Waals surface area contributed by atoms with Gasteiger partial charge in [0, 0.05) is 0 Å². The predicted molar refractivity (Wildman–Crippen MR) is 61.1 cm³/mol. The van der Waals surface area contributed by atoms with Crippen molar-refractivity contribution in [1.29, 1.82) is 5.26 Å². The van der Waals surface area contributed by atoms with Gasteiger partial charge in [-0.2, -0.15) is 5.26 Å². The van der Waals surface area contributed by atoms with E-state index in [1.165, 1.54) is 0 Å². The first kappa shape index (κ1) is 13.2. The van der Waals surface area contributed by atoms with Crippen molar-refractivity contribution in [2.75, 3.05) is 0 Å². The first-order chi connectivity index (χ1) is 7.51. The van der Waals surface area contributed by atoms with Crippen LogP contribution in [0.1, 0.15) is 40.0 Å². The Morgan fingerprint density at radius 2 is 2.31 bits per heavy atom. The third-order valence-electron chi connectivity index (χ3n) is 3.57. The van der Waals surface area contributed by atoms with E-state index in [0.717, 1.165) is 6.42 Å². The summed E-state index contributed by atoms with van der Waals surface area (Å²) in [6, 6.07) is 2.17. The van der Waals surface area contributed by atoms with Crippen LogP contribution in [-0.2, 0) is 0 Å². The lowest BCUT2D eigenvalue weighted by atomic mass is 9.74. The fourth-order valence-electron chi connectivity index (χ4n) is 2.81. The van der Waals surface area contributed by atoms with E-state index >= 15 is 0 Å². The van der Waals surface area contributed by atoms with Gasteiger partial charge in [-0.3, -0.25) is 0 Å². The van der Waals surface area contributed by atoms with Gasteiger partial charge in [-0.25, -0.2) is 4.39 Å². The molecule has 1 aliphatic carbocycles. The summed E-state index contributed by atoms with van der Waals surface area (Å²) in [7, 11) is 0. The summed E-state index contributed by atoms with van der Waals surface area (Å²) in [4.78, 5) is 0. The number of nitriles is 1. The largest absolute Gasteiger partial charge is 0.391 e. The topological polar surface area (TPSA) is 44.0 Å². The summed E-state index contributed by atoms with van der Waals surface area (Å²) in [6.45, 7) is 5.94. The maximum Gasteiger partial charge on any atom is 0.107 e. The Kier molecular flexibility index (Phi) is 4.09. The van der Waals surface area contributed by atoms with Crippen molar-refractivity contribution in [3.63, 3.8) is 0 Å². The van der Waals surface area contributed by atoms with Crippen molar-refractivity contribution in [2.45, 2.75) is 46.1 Å². The summed E-state index contributed by atoms with van der Waals surface area (Å²) < 4.78 is 13.0. The molecule has 3 heteroatoms. The highest BCUT2D eigenvalue weighted by Crippen LogP contribution is 2.51. The van der Waals surface area contributed by atoms with Crippen LogP contribution in [0.2, 0.25) is 0 Å². The molecule has 0 amide bonds. The quantitative estimate of drug-likeness (QED) is 0.801. The van der Waals surface area contributed by atoms with Gasteiger partial charge < -0.3 is 5.11 Å². The van der Waals surface area contributed by atoms with Crippen LogP contribution in [0.25, 0.3) is 0 Å². The van der Waals surface area contributed by atoms with Crippen molar-refractivity contribution in [3.8, 4) is 6.07 Å². The highest BCUT2D eigenvalue weighted by Gasteiger charge is 2.51. The molecule has 0 radical (unpaired) electrons. The van der Waals surface area contributed by atoms with Gasteiger partial charge >= 0.3 is 0 Å². The van der Waals surface area contributed by atoms with Crippen LogP contribution in [0.5, 0.6) is 0 Å². The normalized spacial score (nSPS) is 36.9. The van der Waals surface area contributed by atoms with Crippen LogP contribution < -0.4 is 0 Å². The smallest absolute Gasteiger partial charge is 0.107 e. The Hall–Kier alpha value is -0.880. The zero-order valence-electron chi connectivity index (χ0n) is 10.2. The lowest BCUT2D eigenvalue weighted by Gasteiger charge is -2.28. The van der Waals surface area contributed by atoms with Gasteiger partial charge in [0.25, 0.3) is 0 Å². The standard InChI is InChI=1S/C13H20FNO/c1-4-10-5-12(16)13(8-15,6-9(2)3)11(10)7-14/h7,9-10,12,16H,4-6H2,1-3H3/b11-7-. The molecule has 1 fully saturated rings. The number of aliphatic hydroxyl groups excluding tert-OH is 1. The predicted octanol–water partition coefficient (Wildman–Crippen LogP) is 3.19. The van der Waals surface area contributed by atoms with Crippen molar-refractivity contribution < 1.29 is 9.50 Å². The average molecular weight is 225 g/mol. The van der Waals surface area contributed by atoms with Gasteiger partial charge in [0.2, 0.25) is 0 Å². The molecule has 0 saturated heterocycles. The third kappa shape index (κ3) is 1.99. The molecule has 1 aliphatic rings. The van der Waals surface area contributed by atoms with Crippen LogP contribution >= 0.6 is 0 Å². The summed E-state index contributed by atoms with van der Waals surface area (Å²) >= 11 is 0. The van der Waals surface area contributed by atoms with Gasteiger partial charge in [0.05, 0.1) is 18.5 Å². The molecule has 0 bridgehead atoms. The summed E-state index contributed by atoms with van der Waals surface area (Å²) in [5, 5.41) is 19.4. The Morgan fingerprint density at radius 1 is 1.69 bits per heavy atom. The minimum absolute atomic E-state index is 0.0124. The monoisotopic (exact) mass is 225 g/mol. The van der Waals surface area contributed by atoms with Crippen molar-refractivity contribution in [1.82, 2.24) is 0 Å². The molecule has 0 aliphatic heterocycles. The molecule has 3 atom stereocenters. The van der Waals surface area contributed by atoms with Crippen molar-refractivity contribution in [2.24, 2.45) is 17.3 Å². The van der Waals surface area contributed by atoms with Crippen LogP contribution in [-0.4, -0.2) is 11.2 Å². The first-order valence-corrected chi connectivity index (χ1v) is 5.91. The summed E-state index contributed by atoms with van der Waals surface area (Å²) in [6.07, 6.45) is 1.63. The SMILES string of the molecule is CCC1CC(O)C(C#N)(CC(C)C)/C1=C\F. The van der Waals surface area contributed by atoms with Gasteiger partial charge in [0.1, 0.15) is 5.41 Å². The number of hydrogen-bond acceptors (Lipinski definition) is 2. The Labute approximate surface area is 96.8 Å². The number of hydrogen-bond donors (Lipinski definition) is 1. The van der Waals surface area contributed by atoms with E-state index in [9.17, 15) is 14.8 Å². The van der Waals surface area contributed by atoms with Gasteiger partial charge in [-0.1, -0.05) is 20.8 Å². The number of rotatable bonds is 3. The van der Waals surface area contributed by atoms with Gasteiger partial charge in [-0.15, -0.1) is 0 Å². The molecule has 1 rings (SSSR count).